The highest BCUT2D eigenvalue weighted by Gasteiger charge is 2.12. The first-order valence-electron chi connectivity index (χ1n) is 12.4. The number of hydrogen-bond acceptors (Lipinski definition) is 3. The fourth-order valence-corrected chi connectivity index (χ4v) is 4.60. The van der Waals surface area contributed by atoms with Gasteiger partial charge in [-0.05, 0) is 104 Å². The molecule has 5 N–H and O–H groups in total. The van der Waals surface area contributed by atoms with Crippen LogP contribution in [0.4, 0.5) is 0 Å². The molecule has 3 aromatic rings. The van der Waals surface area contributed by atoms with E-state index in [2.05, 4.69) is 112 Å². The van der Waals surface area contributed by atoms with Gasteiger partial charge in [0.15, 0.2) is 5.11 Å². The lowest BCUT2D eigenvalue weighted by atomic mass is 9.99. The number of aryl methyl sites for hydroxylation is 5. The van der Waals surface area contributed by atoms with Crippen LogP contribution >= 0.6 is 12.2 Å². The van der Waals surface area contributed by atoms with Crippen LogP contribution < -0.4 is 16.5 Å². The van der Waals surface area contributed by atoms with Crippen LogP contribution in [0, 0.1) is 20.8 Å². The Kier molecular flexibility index (Phi) is 13.7. The summed E-state index contributed by atoms with van der Waals surface area (Å²) in [5.41, 5.74) is 9.98. The second-order valence-corrected chi connectivity index (χ2v) is 9.55. The summed E-state index contributed by atoms with van der Waals surface area (Å²) in [6.45, 7) is 18.3. The van der Waals surface area contributed by atoms with Gasteiger partial charge in [-0.2, -0.15) is 0 Å². The van der Waals surface area contributed by atoms with Crippen LogP contribution in [0.3, 0.4) is 0 Å². The highest BCUT2D eigenvalue weighted by Crippen LogP contribution is 2.30. The first-order valence-corrected chi connectivity index (χ1v) is 12.8. The Morgan fingerprint density at radius 1 is 0.944 bits per heavy atom. The van der Waals surface area contributed by atoms with Crippen LogP contribution in [0.2, 0.25) is 0 Å². The van der Waals surface area contributed by atoms with Gasteiger partial charge in [-0.1, -0.05) is 80.9 Å². The standard InChI is InChI=1S/C16H22N2S.C12H10.C3H8.H3NO/c1-10(2)17-16(19)18-14(6)9-15-12(4)7-11(3)8-13(15)5;1-3-9-4-2-6-11-8-7-10(5-1)12(9)11;1-3-2;1-2/h7-9H,1H2,2-6H3,(H2,17,18,19);1-6H,7-8H2;3H2,1-2H3;2H,1H2/b14-9+;;;. The maximum atomic E-state index is 6.50. The maximum absolute atomic E-state index is 6.50. The van der Waals surface area contributed by atoms with Crippen molar-refractivity contribution in [3.8, 4) is 0 Å². The van der Waals surface area contributed by atoms with Gasteiger partial charge in [0, 0.05) is 11.4 Å². The molecule has 1 aliphatic carbocycles. The third kappa shape index (κ3) is 9.57. The molecule has 5 heteroatoms. The smallest absolute Gasteiger partial charge is 0.174 e. The molecule has 0 heterocycles. The van der Waals surface area contributed by atoms with Crippen molar-refractivity contribution in [3.63, 3.8) is 0 Å². The lowest BCUT2D eigenvalue weighted by molar-refractivity contribution is 0.311. The van der Waals surface area contributed by atoms with Crippen LogP contribution in [0.5, 0.6) is 0 Å². The van der Waals surface area contributed by atoms with E-state index in [1.807, 2.05) is 13.8 Å². The number of benzene rings is 3. The van der Waals surface area contributed by atoms with Gasteiger partial charge in [-0.25, -0.2) is 5.90 Å². The average molecular weight is 506 g/mol. The predicted octanol–water partition coefficient (Wildman–Crippen LogP) is 7.66. The Morgan fingerprint density at radius 3 is 1.86 bits per heavy atom. The molecule has 0 radical (unpaired) electrons. The zero-order valence-corrected chi connectivity index (χ0v) is 23.8. The minimum Gasteiger partial charge on any atom is -0.337 e. The van der Waals surface area contributed by atoms with Gasteiger partial charge in [0.2, 0.25) is 0 Å². The third-order valence-corrected chi connectivity index (χ3v) is 5.68. The summed E-state index contributed by atoms with van der Waals surface area (Å²) in [4.78, 5) is 0. The molecule has 0 fully saturated rings. The lowest BCUT2D eigenvalue weighted by Crippen LogP contribution is -2.32. The van der Waals surface area contributed by atoms with Crippen molar-refractivity contribution >= 4 is 34.2 Å². The van der Waals surface area contributed by atoms with Crippen molar-refractivity contribution in [3.05, 3.63) is 99.9 Å². The molecule has 0 bridgehead atoms. The van der Waals surface area contributed by atoms with Crippen LogP contribution in [0.25, 0.3) is 16.8 Å². The van der Waals surface area contributed by atoms with Crippen molar-refractivity contribution in [2.45, 2.75) is 67.7 Å². The molecule has 0 spiro atoms. The Balaban J connectivity index is 0.000000322. The van der Waals surface area contributed by atoms with Crippen LogP contribution in [-0.2, 0) is 12.8 Å². The van der Waals surface area contributed by atoms with E-state index in [1.165, 1.54) is 63.4 Å². The Labute approximate surface area is 223 Å². The summed E-state index contributed by atoms with van der Waals surface area (Å²) in [5.74, 6) is 3.50. The topological polar surface area (TPSA) is 70.3 Å². The predicted molar refractivity (Wildman–Crippen MR) is 161 cm³/mol. The summed E-state index contributed by atoms with van der Waals surface area (Å²) in [7, 11) is 0. The number of rotatable bonds is 3. The van der Waals surface area contributed by atoms with Crippen molar-refractivity contribution in [1.82, 2.24) is 10.6 Å². The van der Waals surface area contributed by atoms with Gasteiger partial charge in [-0.3, -0.25) is 0 Å². The quantitative estimate of drug-likeness (QED) is 0.217. The molecule has 4 nitrogen and oxygen atoms in total. The van der Waals surface area contributed by atoms with Crippen LogP contribution in [-0.4, -0.2) is 10.3 Å². The monoisotopic (exact) mass is 505 g/mol. The van der Waals surface area contributed by atoms with Gasteiger partial charge in [0.1, 0.15) is 0 Å². The largest absolute Gasteiger partial charge is 0.337 e. The SMILES string of the molecule is C=C(C)NC(=S)N/C(C)=C/c1c(C)cc(C)cc1C.CCC.NO.c1cc2c3c(cccc3c1)CC2. The molecule has 1 aliphatic rings. The number of hydrogen-bond donors (Lipinski definition) is 4. The molecule has 0 amide bonds. The number of nitrogens with two attached hydrogens (primary N) is 1. The van der Waals surface area contributed by atoms with E-state index in [9.17, 15) is 0 Å². The van der Waals surface area contributed by atoms with E-state index in [0.29, 0.717) is 5.11 Å². The molecule has 0 atom stereocenters. The second-order valence-electron chi connectivity index (χ2n) is 9.14. The molecular formula is C31H43N3OS. The fraction of sp³-hybridized carbons (Fsp3) is 0.323. The maximum Gasteiger partial charge on any atom is 0.174 e. The number of nitrogens with one attached hydrogen (secondary N) is 2. The van der Waals surface area contributed by atoms with Gasteiger partial charge < -0.3 is 15.8 Å². The molecule has 0 unspecified atom stereocenters. The van der Waals surface area contributed by atoms with Crippen molar-refractivity contribution in [1.29, 1.82) is 0 Å². The van der Waals surface area contributed by atoms with Crippen molar-refractivity contribution < 1.29 is 5.21 Å². The lowest BCUT2D eigenvalue weighted by Gasteiger charge is -2.12. The molecule has 0 saturated carbocycles. The molecule has 4 rings (SSSR count). The van der Waals surface area contributed by atoms with Gasteiger partial charge in [0.05, 0.1) is 0 Å². The van der Waals surface area contributed by atoms with Crippen LogP contribution in [0.1, 0.15) is 67.5 Å². The Morgan fingerprint density at radius 2 is 1.42 bits per heavy atom. The minimum absolute atomic E-state index is 0.573. The van der Waals surface area contributed by atoms with Gasteiger partial charge >= 0.3 is 0 Å². The zero-order chi connectivity index (χ0) is 27.3. The molecule has 36 heavy (non-hydrogen) atoms. The fourth-order valence-electron chi connectivity index (χ4n) is 4.26. The van der Waals surface area contributed by atoms with E-state index < -0.39 is 0 Å². The van der Waals surface area contributed by atoms with E-state index in [-0.39, 0.29) is 0 Å². The molecular weight excluding hydrogens is 462 g/mol. The molecule has 3 aromatic carbocycles. The summed E-state index contributed by atoms with van der Waals surface area (Å²) < 4.78 is 0. The van der Waals surface area contributed by atoms with E-state index in [4.69, 9.17) is 17.4 Å². The summed E-state index contributed by atoms with van der Waals surface area (Å²) in [5, 5.41) is 16.1. The number of thiocarbonyl (C=S) groups is 1. The van der Waals surface area contributed by atoms with E-state index >= 15 is 0 Å². The first kappa shape index (κ1) is 31.0. The normalized spacial score (nSPS) is 11.2. The van der Waals surface area contributed by atoms with Crippen molar-refractivity contribution in [2.75, 3.05) is 0 Å². The molecule has 0 aromatic heterocycles. The van der Waals surface area contributed by atoms with Crippen molar-refractivity contribution in [2.24, 2.45) is 5.90 Å². The second kappa shape index (κ2) is 15.9. The molecule has 0 saturated heterocycles. The minimum atomic E-state index is 0.573. The summed E-state index contributed by atoms with van der Waals surface area (Å²) >= 11 is 5.19. The summed E-state index contributed by atoms with van der Waals surface area (Å²) in [6.07, 6.45) is 5.84. The number of allylic oxidation sites excluding steroid dienone is 2. The zero-order valence-electron chi connectivity index (χ0n) is 23.0. The average Bonchev–Trinajstić information content (AvgIpc) is 3.23. The third-order valence-electron chi connectivity index (χ3n) is 5.48. The molecule has 194 valence electrons. The Bertz CT molecular complexity index is 1140. The van der Waals surface area contributed by atoms with E-state index in [0.717, 1.165) is 11.4 Å². The Hall–Kier alpha value is -2.99. The first-order chi connectivity index (χ1) is 17.2. The van der Waals surface area contributed by atoms with Gasteiger partial charge in [-0.15, -0.1) is 0 Å². The summed E-state index contributed by atoms with van der Waals surface area (Å²) in [6, 6.07) is 17.6. The molecule has 0 aliphatic heterocycles. The highest BCUT2D eigenvalue weighted by atomic mass is 32.1. The van der Waals surface area contributed by atoms with Gasteiger partial charge in [0.25, 0.3) is 0 Å². The highest BCUT2D eigenvalue weighted by molar-refractivity contribution is 7.80. The van der Waals surface area contributed by atoms with E-state index in [1.54, 1.807) is 0 Å². The van der Waals surface area contributed by atoms with Crippen LogP contribution in [0.15, 0.2) is 66.5 Å².